The molecule has 2 aromatic heterocycles. The van der Waals surface area contributed by atoms with Crippen LogP contribution in [0.5, 0.6) is 5.75 Å². The van der Waals surface area contributed by atoms with Crippen molar-refractivity contribution in [3.8, 4) is 16.9 Å². The summed E-state index contributed by atoms with van der Waals surface area (Å²) < 4.78 is 11.5. The maximum Gasteiger partial charge on any atom is 0.415 e. The quantitative estimate of drug-likeness (QED) is 0.511. The van der Waals surface area contributed by atoms with Crippen molar-refractivity contribution in [1.29, 1.82) is 0 Å². The molecule has 0 unspecified atom stereocenters. The number of anilines is 1. The molecule has 31 heavy (non-hydrogen) atoms. The Morgan fingerprint density at radius 3 is 2.68 bits per heavy atom. The Balaban J connectivity index is 1.89. The fourth-order valence-electron chi connectivity index (χ4n) is 3.81. The number of aromatic amines is 1. The summed E-state index contributed by atoms with van der Waals surface area (Å²) in [6, 6.07) is 7.74. The molecule has 0 spiro atoms. The van der Waals surface area contributed by atoms with Gasteiger partial charge in [0.1, 0.15) is 23.6 Å². The summed E-state index contributed by atoms with van der Waals surface area (Å²) in [6.07, 6.45) is 1.34. The Labute approximate surface area is 188 Å². The van der Waals surface area contributed by atoms with E-state index in [1.54, 1.807) is 11.1 Å². The number of hydrogen-bond acceptors (Lipinski definition) is 4. The van der Waals surface area contributed by atoms with Crippen LogP contribution < -0.4 is 15.0 Å². The highest BCUT2D eigenvalue weighted by atomic mass is 35.5. The van der Waals surface area contributed by atoms with Gasteiger partial charge >= 0.3 is 6.09 Å². The molecule has 1 N–H and O–H groups in total. The van der Waals surface area contributed by atoms with E-state index in [1.165, 1.54) is 5.32 Å². The van der Waals surface area contributed by atoms with Crippen molar-refractivity contribution in [3.05, 3.63) is 35.5 Å². The van der Waals surface area contributed by atoms with Crippen molar-refractivity contribution in [2.45, 2.75) is 46.0 Å². The van der Waals surface area contributed by atoms with Crippen molar-refractivity contribution in [3.63, 3.8) is 0 Å². The topological polar surface area (TPSA) is 67.4 Å². The molecule has 0 atom stereocenters. The van der Waals surface area contributed by atoms with E-state index in [-0.39, 0.29) is 6.09 Å². The smallest absolute Gasteiger partial charge is 0.415 e. The lowest BCUT2D eigenvalue weighted by Crippen LogP contribution is -2.41. The molecule has 6 nitrogen and oxygen atoms in total. The number of carbonyl (C=O) groups is 1. The number of benzene rings is 1. The minimum Gasteiger partial charge on any atom is -0.490 e. The van der Waals surface area contributed by atoms with Gasteiger partial charge in [-0.1, -0.05) is 37.3 Å². The number of nitrogens with zero attached hydrogens (tertiary/aromatic N) is 2. The number of ether oxygens (including phenoxy) is 2. The summed E-state index contributed by atoms with van der Waals surface area (Å²) in [6.45, 7) is 13.3. The largest absolute Gasteiger partial charge is 0.490 e. The van der Waals surface area contributed by atoms with Crippen LogP contribution in [0.2, 0.25) is 24.7 Å². The molecule has 0 bridgehead atoms. The van der Waals surface area contributed by atoms with Crippen LogP contribution in [0.1, 0.15) is 20.8 Å². The Morgan fingerprint density at radius 2 is 2.00 bits per heavy atom. The lowest BCUT2D eigenvalue weighted by Gasteiger charge is -2.32. The number of hydrogen-bond donors (Lipinski definition) is 1. The van der Waals surface area contributed by atoms with Crippen molar-refractivity contribution < 1.29 is 14.3 Å². The summed E-state index contributed by atoms with van der Waals surface area (Å²) in [4.78, 5) is 22.6. The van der Waals surface area contributed by atoms with E-state index in [2.05, 4.69) is 29.6 Å². The number of nitrogens with one attached hydrogen (secondary N) is 1. The van der Waals surface area contributed by atoms with E-state index in [4.69, 9.17) is 21.1 Å². The van der Waals surface area contributed by atoms with Gasteiger partial charge in [-0.05, 0) is 44.5 Å². The predicted molar refractivity (Wildman–Crippen MR) is 129 cm³/mol. The molecule has 0 fully saturated rings. The molecule has 0 saturated heterocycles. The Bertz CT molecular complexity index is 1160. The van der Waals surface area contributed by atoms with E-state index < -0.39 is 13.7 Å². The number of amides is 1. The number of carbonyl (C=O) groups excluding carboxylic acids is 1. The van der Waals surface area contributed by atoms with E-state index in [0.717, 1.165) is 22.2 Å². The molecule has 1 aliphatic rings. The van der Waals surface area contributed by atoms with E-state index >= 15 is 0 Å². The van der Waals surface area contributed by atoms with Crippen LogP contribution in [0.15, 0.2) is 30.5 Å². The lowest BCUT2D eigenvalue weighted by atomic mass is 10.0. The van der Waals surface area contributed by atoms with Crippen LogP contribution in [-0.4, -0.2) is 42.9 Å². The summed E-state index contributed by atoms with van der Waals surface area (Å²) in [7, 11) is -1.76. The minimum atomic E-state index is -1.76. The van der Waals surface area contributed by atoms with E-state index in [1.807, 2.05) is 45.0 Å². The monoisotopic (exact) mass is 457 g/mol. The maximum atomic E-state index is 12.9. The molecule has 0 saturated carbocycles. The first kappa shape index (κ1) is 21.7. The van der Waals surface area contributed by atoms with Gasteiger partial charge in [0.2, 0.25) is 0 Å². The van der Waals surface area contributed by atoms with Gasteiger partial charge in [0, 0.05) is 22.5 Å². The summed E-state index contributed by atoms with van der Waals surface area (Å²) in [5.41, 5.74) is 2.92. The third kappa shape index (κ3) is 4.16. The van der Waals surface area contributed by atoms with Crippen LogP contribution in [-0.2, 0) is 4.74 Å². The van der Waals surface area contributed by atoms with Crippen molar-refractivity contribution >= 4 is 47.8 Å². The highest BCUT2D eigenvalue weighted by Gasteiger charge is 2.31. The molecule has 0 radical (unpaired) electrons. The number of rotatable bonds is 2. The Hall–Kier alpha value is -2.51. The molecule has 0 aliphatic carbocycles. The lowest BCUT2D eigenvalue weighted by molar-refractivity contribution is 0.0568. The van der Waals surface area contributed by atoms with Gasteiger partial charge in [-0.3, -0.25) is 4.90 Å². The van der Waals surface area contributed by atoms with Crippen LogP contribution in [0, 0.1) is 0 Å². The van der Waals surface area contributed by atoms with Crippen molar-refractivity contribution in [1.82, 2.24) is 9.97 Å². The third-order valence-electron chi connectivity index (χ3n) is 5.12. The van der Waals surface area contributed by atoms with Gasteiger partial charge < -0.3 is 14.5 Å². The minimum absolute atomic E-state index is 0.377. The fraction of sp³-hybridized carbons (Fsp3) is 0.391. The van der Waals surface area contributed by atoms with E-state index in [0.29, 0.717) is 29.6 Å². The zero-order valence-electron chi connectivity index (χ0n) is 18.8. The van der Waals surface area contributed by atoms with Gasteiger partial charge in [0.15, 0.2) is 0 Å². The molecule has 1 aromatic carbocycles. The first-order valence-electron chi connectivity index (χ1n) is 10.4. The van der Waals surface area contributed by atoms with Gasteiger partial charge in [-0.2, -0.15) is 0 Å². The second kappa shape index (κ2) is 7.57. The average molecular weight is 458 g/mol. The van der Waals surface area contributed by atoms with Crippen molar-refractivity contribution in [2.24, 2.45) is 0 Å². The molecule has 3 heterocycles. The predicted octanol–water partition coefficient (Wildman–Crippen LogP) is 5.56. The SMILES string of the molecule is CC(C)(C)OC(=O)N1CCOc2ccc(-c3c([Si](C)(C)C)[nH]c4nccc(Cl)c34)cc21. The van der Waals surface area contributed by atoms with Crippen LogP contribution >= 0.6 is 11.6 Å². The molecule has 1 amide bonds. The normalized spacial score (nSPS) is 14.4. The number of H-pyrrole nitrogens is 1. The second-order valence-corrected chi connectivity index (χ2v) is 15.2. The number of aromatic nitrogens is 2. The number of pyridine rings is 1. The molecule has 8 heteroatoms. The van der Waals surface area contributed by atoms with Crippen LogP contribution in [0.3, 0.4) is 0 Å². The number of halogens is 1. The highest BCUT2D eigenvalue weighted by molar-refractivity contribution is 6.89. The summed E-state index contributed by atoms with van der Waals surface area (Å²) in [5.74, 6) is 0.666. The summed E-state index contributed by atoms with van der Waals surface area (Å²) in [5, 5.41) is 2.73. The third-order valence-corrected chi connectivity index (χ3v) is 7.31. The van der Waals surface area contributed by atoms with Crippen LogP contribution in [0.4, 0.5) is 10.5 Å². The fourth-order valence-corrected chi connectivity index (χ4v) is 5.56. The first-order valence-corrected chi connectivity index (χ1v) is 14.3. The second-order valence-electron chi connectivity index (χ2n) is 9.80. The zero-order valence-corrected chi connectivity index (χ0v) is 20.6. The number of fused-ring (bicyclic) bond motifs is 2. The molecular weight excluding hydrogens is 430 g/mol. The molecule has 1 aliphatic heterocycles. The van der Waals surface area contributed by atoms with Crippen molar-refractivity contribution in [2.75, 3.05) is 18.1 Å². The van der Waals surface area contributed by atoms with Gasteiger partial charge in [0.25, 0.3) is 0 Å². The van der Waals surface area contributed by atoms with Gasteiger partial charge in [0.05, 0.1) is 25.3 Å². The summed E-state index contributed by atoms with van der Waals surface area (Å²) >= 11 is 6.62. The van der Waals surface area contributed by atoms with Gasteiger partial charge in [-0.25, -0.2) is 9.78 Å². The molecular formula is C23H28ClN3O3Si. The maximum absolute atomic E-state index is 12.9. The molecule has 164 valence electrons. The first-order chi connectivity index (χ1) is 14.5. The average Bonchev–Trinajstić information content (AvgIpc) is 3.07. The molecule has 3 aromatic rings. The molecule has 4 rings (SSSR count). The zero-order chi connectivity index (χ0) is 22.6. The van der Waals surface area contributed by atoms with Gasteiger partial charge in [-0.15, -0.1) is 0 Å². The Kier molecular flexibility index (Phi) is 5.30. The standard InChI is InChI=1S/C23H28ClN3O3Si/c1-23(2,3)30-22(28)27-11-12-29-17-8-7-14(13-16(17)27)18-19-15(24)9-10-25-20(19)26-21(18)31(4,5)6/h7-10,13H,11-12H2,1-6H3,(H,25,26). The van der Waals surface area contributed by atoms with E-state index in [9.17, 15) is 4.79 Å². The highest BCUT2D eigenvalue weighted by Crippen LogP contribution is 2.39. The Morgan fingerprint density at radius 1 is 1.26 bits per heavy atom. The van der Waals surface area contributed by atoms with Crippen LogP contribution in [0.25, 0.3) is 22.2 Å².